The first-order valence-corrected chi connectivity index (χ1v) is 9.20. The molecule has 0 spiro atoms. The number of halogens is 1. The molecule has 0 radical (unpaired) electrons. The van der Waals surface area contributed by atoms with Crippen molar-refractivity contribution >= 4 is 5.91 Å². The van der Waals surface area contributed by atoms with Crippen LogP contribution in [0.2, 0.25) is 0 Å². The van der Waals surface area contributed by atoms with Gasteiger partial charge in [-0.15, -0.1) is 0 Å². The predicted octanol–water partition coefficient (Wildman–Crippen LogP) is 4.86. The zero-order chi connectivity index (χ0) is 17.6. The van der Waals surface area contributed by atoms with Gasteiger partial charge < -0.3 is 4.90 Å². The van der Waals surface area contributed by atoms with Gasteiger partial charge in [-0.2, -0.15) is 0 Å². The highest BCUT2D eigenvalue weighted by Crippen LogP contribution is 2.27. The number of hydrogen-bond donors (Lipinski definition) is 0. The van der Waals surface area contributed by atoms with Gasteiger partial charge in [-0.3, -0.25) is 4.79 Å². The van der Waals surface area contributed by atoms with Crippen LogP contribution < -0.4 is 0 Å². The van der Waals surface area contributed by atoms with Gasteiger partial charge in [-0.25, -0.2) is 4.39 Å². The Labute approximate surface area is 149 Å². The summed E-state index contributed by atoms with van der Waals surface area (Å²) in [4.78, 5) is 14.7. The topological polar surface area (TPSA) is 20.3 Å². The Kier molecular flexibility index (Phi) is 5.85. The molecular weight excluding hydrogens is 313 g/mol. The summed E-state index contributed by atoms with van der Waals surface area (Å²) >= 11 is 0. The highest BCUT2D eigenvalue weighted by Gasteiger charge is 2.23. The van der Waals surface area contributed by atoms with Crippen LogP contribution in [0.5, 0.6) is 0 Å². The van der Waals surface area contributed by atoms with Crippen LogP contribution in [0.25, 0.3) is 0 Å². The number of amides is 1. The second-order valence-corrected chi connectivity index (χ2v) is 7.07. The average Bonchev–Trinajstić information content (AvgIpc) is 2.87. The molecule has 0 aromatic heterocycles. The fourth-order valence-electron chi connectivity index (χ4n) is 3.65. The van der Waals surface area contributed by atoms with Gasteiger partial charge in [0, 0.05) is 25.4 Å². The largest absolute Gasteiger partial charge is 0.342 e. The van der Waals surface area contributed by atoms with Crippen molar-refractivity contribution in [1.29, 1.82) is 0 Å². The Bertz CT molecular complexity index is 710. The first-order chi connectivity index (χ1) is 12.1. The van der Waals surface area contributed by atoms with E-state index in [0.29, 0.717) is 12.3 Å². The van der Waals surface area contributed by atoms with Crippen molar-refractivity contribution in [1.82, 2.24) is 4.90 Å². The standard InChI is InChI=1S/C22H26FNO/c1-17-5-4-6-18(15-17)8-13-22(25)24-14-3-2-7-20(16-24)19-9-11-21(23)12-10-19/h4-6,9-12,15,20H,2-3,7-8,13-14,16H2,1H3/t20-/m0/s1. The van der Waals surface area contributed by atoms with Crippen LogP contribution in [-0.4, -0.2) is 23.9 Å². The molecule has 0 saturated carbocycles. The molecule has 0 bridgehead atoms. The lowest BCUT2D eigenvalue weighted by atomic mass is 9.94. The maximum Gasteiger partial charge on any atom is 0.222 e. The van der Waals surface area contributed by atoms with Gasteiger partial charge in [0.15, 0.2) is 0 Å². The molecule has 1 saturated heterocycles. The third kappa shape index (κ3) is 4.91. The van der Waals surface area contributed by atoms with Gasteiger partial charge in [-0.1, -0.05) is 48.4 Å². The number of nitrogens with zero attached hydrogens (tertiary/aromatic N) is 1. The number of aryl methyl sites for hydroxylation is 2. The molecule has 1 fully saturated rings. The highest BCUT2D eigenvalue weighted by molar-refractivity contribution is 5.76. The quantitative estimate of drug-likeness (QED) is 0.779. The Hall–Kier alpha value is -2.16. The second-order valence-electron chi connectivity index (χ2n) is 7.07. The van der Waals surface area contributed by atoms with Crippen LogP contribution >= 0.6 is 0 Å². The first kappa shape index (κ1) is 17.7. The number of hydrogen-bond acceptors (Lipinski definition) is 1. The maximum atomic E-state index is 13.2. The number of benzene rings is 2. The van der Waals surface area contributed by atoms with E-state index in [1.54, 1.807) is 0 Å². The van der Waals surface area contributed by atoms with Gasteiger partial charge in [0.1, 0.15) is 5.82 Å². The van der Waals surface area contributed by atoms with Crippen LogP contribution in [0.1, 0.15) is 48.3 Å². The summed E-state index contributed by atoms with van der Waals surface area (Å²) in [5.74, 6) is 0.338. The lowest BCUT2D eigenvalue weighted by Crippen LogP contribution is -2.34. The average molecular weight is 339 g/mol. The number of rotatable bonds is 4. The van der Waals surface area contributed by atoms with E-state index in [2.05, 4.69) is 25.1 Å². The van der Waals surface area contributed by atoms with Crippen molar-refractivity contribution in [3.63, 3.8) is 0 Å². The third-order valence-corrected chi connectivity index (χ3v) is 5.08. The Balaban J connectivity index is 1.61. The zero-order valence-electron chi connectivity index (χ0n) is 14.9. The second kappa shape index (κ2) is 8.28. The Morgan fingerprint density at radius 1 is 1.16 bits per heavy atom. The number of carbonyl (C=O) groups excluding carboxylic acids is 1. The van der Waals surface area contributed by atoms with Crippen molar-refractivity contribution in [2.45, 2.75) is 44.9 Å². The van der Waals surface area contributed by atoms with Gasteiger partial charge >= 0.3 is 0 Å². The molecule has 1 amide bonds. The molecular formula is C22H26FNO. The monoisotopic (exact) mass is 339 g/mol. The van der Waals surface area contributed by atoms with E-state index >= 15 is 0 Å². The zero-order valence-corrected chi connectivity index (χ0v) is 14.9. The molecule has 2 aromatic carbocycles. The predicted molar refractivity (Wildman–Crippen MR) is 99.1 cm³/mol. The molecule has 1 atom stereocenters. The van der Waals surface area contributed by atoms with Crippen molar-refractivity contribution in [3.05, 3.63) is 71.0 Å². The van der Waals surface area contributed by atoms with Crippen LogP contribution in [0.4, 0.5) is 4.39 Å². The number of carbonyl (C=O) groups is 1. The lowest BCUT2D eigenvalue weighted by Gasteiger charge is -2.25. The van der Waals surface area contributed by atoms with Crippen LogP contribution in [0, 0.1) is 12.7 Å². The van der Waals surface area contributed by atoms with E-state index in [9.17, 15) is 9.18 Å². The molecule has 1 aliphatic rings. The molecule has 2 nitrogen and oxygen atoms in total. The number of likely N-dealkylation sites (tertiary alicyclic amines) is 1. The van der Waals surface area contributed by atoms with Crippen LogP contribution in [-0.2, 0) is 11.2 Å². The van der Waals surface area contributed by atoms with Crippen molar-refractivity contribution < 1.29 is 9.18 Å². The van der Waals surface area contributed by atoms with Gasteiger partial charge in [0.05, 0.1) is 0 Å². The summed E-state index contributed by atoms with van der Waals surface area (Å²) in [6.45, 7) is 3.66. The normalized spacial score (nSPS) is 18.0. The molecule has 0 N–H and O–H groups in total. The lowest BCUT2D eigenvalue weighted by molar-refractivity contribution is -0.131. The van der Waals surface area contributed by atoms with E-state index in [4.69, 9.17) is 0 Å². The van der Waals surface area contributed by atoms with Crippen molar-refractivity contribution in [2.75, 3.05) is 13.1 Å². The molecule has 3 rings (SSSR count). The fraction of sp³-hybridized carbons (Fsp3) is 0.409. The minimum Gasteiger partial charge on any atom is -0.342 e. The molecule has 25 heavy (non-hydrogen) atoms. The minimum atomic E-state index is -0.205. The van der Waals surface area contributed by atoms with Crippen molar-refractivity contribution in [2.24, 2.45) is 0 Å². The summed E-state index contributed by atoms with van der Waals surface area (Å²) < 4.78 is 13.2. The molecule has 0 aliphatic carbocycles. The van der Waals surface area contributed by atoms with E-state index in [1.807, 2.05) is 23.1 Å². The van der Waals surface area contributed by atoms with Crippen molar-refractivity contribution in [3.8, 4) is 0 Å². The first-order valence-electron chi connectivity index (χ1n) is 9.20. The van der Waals surface area contributed by atoms with Gasteiger partial charge in [0.2, 0.25) is 5.91 Å². The Morgan fingerprint density at radius 2 is 1.96 bits per heavy atom. The van der Waals surface area contributed by atoms with Crippen LogP contribution in [0.15, 0.2) is 48.5 Å². The Morgan fingerprint density at radius 3 is 2.72 bits per heavy atom. The molecule has 1 heterocycles. The molecule has 0 unspecified atom stereocenters. The summed E-state index contributed by atoms with van der Waals surface area (Å²) in [6.07, 6.45) is 4.57. The molecule has 132 valence electrons. The molecule has 2 aromatic rings. The van der Waals surface area contributed by atoms with Crippen LogP contribution in [0.3, 0.4) is 0 Å². The van der Waals surface area contributed by atoms with Gasteiger partial charge in [-0.05, 0) is 49.4 Å². The molecule has 3 heteroatoms. The van der Waals surface area contributed by atoms with Gasteiger partial charge in [0.25, 0.3) is 0 Å². The third-order valence-electron chi connectivity index (χ3n) is 5.08. The summed E-state index contributed by atoms with van der Waals surface area (Å²) in [6, 6.07) is 15.1. The van der Waals surface area contributed by atoms with E-state index < -0.39 is 0 Å². The summed E-state index contributed by atoms with van der Waals surface area (Å²) in [5.41, 5.74) is 3.59. The summed E-state index contributed by atoms with van der Waals surface area (Å²) in [5, 5.41) is 0. The maximum absolute atomic E-state index is 13.2. The highest BCUT2D eigenvalue weighted by atomic mass is 19.1. The summed E-state index contributed by atoms with van der Waals surface area (Å²) in [7, 11) is 0. The van der Waals surface area contributed by atoms with E-state index in [1.165, 1.54) is 23.3 Å². The minimum absolute atomic E-state index is 0.205. The SMILES string of the molecule is Cc1cccc(CCC(=O)N2CCCC[C@H](c3ccc(F)cc3)C2)c1. The van der Waals surface area contributed by atoms with E-state index in [-0.39, 0.29) is 11.7 Å². The smallest absolute Gasteiger partial charge is 0.222 e. The fourth-order valence-corrected chi connectivity index (χ4v) is 3.65. The van der Waals surface area contributed by atoms with E-state index in [0.717, 1.165) is 44.3 Å². The molecule has 1 aliphatic heterocycles.